The number of nitrogens with zero attached hydrogens (tertiary/aromatic N) is 2. The molecular weight excluding hydrogens is 431 g/mol. The summed E-state index contributed by atoms with van der Waals surface area (Å²) in [6.07, 6.45) is 4.85. The van der Waals surface area contributed by atoms with E-state index in [1.807, 2.05) is 35.2 Å². The van der Waals surface area contributed by atoms with Crippen molar-refractivity contribution in [2.24, 2.45) is 11.3 Å². The predicted molar refractivity (Wildman–Crippen MR) is 130 cm³/mol. The van der Waals surface area contributed by atoms with Crippen molar-refractivity contribution >= 4 is 16.9 Å². The first-order valence-corrected chi connectivity index (χ1v) is 12.3. The molecule has 5 rings (SSSR count). The van der Waals surface area contributed by atoms with Crippen LogP contribution in [0, 0.1) is 17.2 Å². The van der Waals surface area contributed by atoms with Gasteiger partial charge in [-0.15, -0.1) is 0 Å². The van der Waals surface area contributed by atoms with Gasteiger partial charge in [0, 0.05) is 24.4 Å². The van der Waals surface area contributed by atoms with E-state index in [0.717, 1.165) is 48.9 Å². The maximum absolute atomic E-state index is 14.1. The molecule has 3 heterocycles. The number of likely N-dealkylation sites (tertiary alicyclic amines) is 1. The monoisotopic (exact) mass is 464 g/mol. The molecule has 0 bridgehead atoms. The number of piperidine rings is 1. The number of hydrogen-bond acceptors (Lipinski definition) is 4. The second-order valence-corrected chi connectivity index (χ2v) is 10.0. The molecular formula is C28H33FN2O3. The van der Waals surface area contributed by atoms with E-state index in [1.165, 1.54) is 17.7 Å². The van der Waals surface area contributed by atoms with E-state index in [4.69, 9.17) is 9.15 Å². The van der Waals surface area contributed by atoms with Crippen LogP contribution in [0.3, 0.4) is 0 Å². The zero-order valence-electron chi connectivity index (χ0n) is 19.8. The lowest BCUT2D eigenvalue weighted by Crippen LogP contribution is -2.52. The number of carbonyl (C=O) groups is 1. The third-order valence-corrected chi connectivity index (χ3v) is 7.57. The molecule has 2 saturated heterocycles. The Morgan fingerprint density at radius 3 is 2.68 bits per heavy atom. The summed E-state index contributed by atoms with van der Waals surface area (Å²) in [4.78, 5) is 18.5. The van der Waals surface area contributed by atoms with Crippen LogP contribution in [-0.2, 0) is 22.4 Å². The average molecular weight is 465 g/mol. The Morgan fingerprint density at radius 2 is 1.88 bits per heavy atom. The van der Waals surface area contributed by atoms with E-state index in [2.05, 4.69) is 18.0 Å². The van der Waals surface area contributed by atoms with Gasteiger partial charge in [0.1, 0.15) is 11.4 Å². The van der Waals surface area contributed by atoms with Crippen molar-refractivity contribution < 1.29 is 18.3 Å². The van der Waals surface area contributed by atoms with Gasteiger partial charge in [0.05, 0.1) is 24.9 Å². The fourth-order valence-electron chi connectivity index (χ4n) is 5.58. The highest BCUT2D eigenvalue weighted by atomic mass is 19.1. The van der Waals surface area contributed by atoms with E-state index in [-0.39, 0.29) is 17.6 Å². The van der Waals surface area contributed by atoms with Gasteiger partial charge in [-0.25, -0.2) is 4.39 Å². The molecule has 180 valence electrons. The smallest absolute Gasteiger partial charge is 0.229 e. The Labute approximate surface area is 200 Å². The van der Waals surface area contributed by atoms with Crippen LogP contribution in [-0.4, -0.2) is 62.1 Å². The minimum Gasteiger partial charge on any atom is -0.464 e. The third kappa shape index (κ3) is 4.89. The maximum Gasteiger partial charge on any atom is 0.229 e. The fourth-order valence-corrected chi connectivity index (χ4v) is 5.58. The molecule has 1 atom stereocenters. The number of carbonyl (C=O) groups excluding carboxylic acids is 1. The number of amides is 1. The van der Waals surface area contributed by atoms with Crippen LogP contribution in [0.5, 0.6) is 0 Å². The van der Waals surface area contributed by atoms with E-state index < -0.39 is 5.41 Å². The van der Waals surface area contributed by atoms with Crippen molar-refractivity contribution in [3.8, 4) is 0 Å². The lowest BCUT2D eigenvalue weighted by atomic mass is 9.72. The molecule has 1 aromatic heterocycles. The summed E-state index contributed by atoms with van der Waals surface area (Å²) in [5.41, 5.74) is 2.69. The van der Waals surface area contributed by atoms with Gasteiger partial charge in [-0.05, 0) is 81.2 Å². The Morgan fingerprint density at radius 1 is 1.09 bits per heavy atom. The van der Waals surface area contributed by atoms with Crippen LogP contribution in [0.1, 0.15) is 24.0 Å². The van der Waals surface area contributed by atoms with Crippen molar-refractivity contribution in [2.75, 3.05) is 46.4 Å². The summed E-state index contributed by atoms with van der Waals surface area (Å²) < 4.78 is 25.0. The maximum atomic E-state index is 14.1. The molecule has 34 heavy (non-hydrogen) atoms. The summed E-state index contributed by atoms with van der Waals surface area (Å²) in [7, 11) is 2.11. The highest BCUT2D eigenvalue weighted by molar-refractivity contribution is 5.83. The molecule has 1 amide bonds. The second kappa shape index (κ2) is 9.88. The van der Waals surface area contributed by atoms with Gasteiger partial charge in [0.2, 0.25) is 5.91 Å². The molecule has 2 aromatic carbocycles. The van der Waals surface area contributed by atoms with Gasteiger partial charge >= 0.3 is 0 Å². The van der Waals surface area contributed by atoms with Crippen LogP contribution >= 0.6 is 0 Å². The average Bonchev–Trinajstić information content (AvgIpc) is 3.22. The standard InChI is InChI=1S/C28H33FN2O3/c1-30-12-10-28(11-13-30,18-21-5-7-24(29)8-6-21)27(32)31-14-16-33-20-22(19-31)17-23-3-2-4-26-25(23)9-15-34-26/h2-9,15,22H,10-14,16-20H2,1H3. The number of ether oxygens (including phenoxy) is 1. The highest BCUT2D eigenvalue weighted by Gasteiger charge is 2.43. The van der Waals surface area contributed by atoms with Gasteiger partial charge < -0.3 is 19.0 Å². The number of halogens is 1. The Bertz CT molecular complexity index is 1120. The molecule has 0 aliphatic carbocycles. The Balaban J connectivity index is 1.36. The highest BCUT2D eigenvalue weighted by Crippen LogP contribution is 2.38. The molecule has 5 nitrogen and oxygen atoms in total. The van der Waals surface area contributed by atoms with Crippen molar-refractivity contribution in [1.82, 2.24) is 9.80 Å². The molecule has 1 unspecified atom stereocenters. The number of benzene rings is 2. The van der Waals surface area contributed by atoms with E-state index in [9.17, 15) is 9.18 Å². The van der Waals surface area contributed by atoms with Crippen LogP contribution in [0.15, 0.2) is 59.2 Å². The molecule has 0 N–H and O–H groups in total. The van der Waals surface area contributed by atoms with Crippen LogP contribution in [0.4, 0.5) is 4.39 Å². The first-order chi connectivity index (χ1) is 16.5. The summed E-state index contributed by atoms with van der Waals surface area (Å²) in [5.74, 6) is 0.204. The minimum atomic E-state index is -0.455. The Hall–Kier alpha value is -2.70. The summed E-state index contributed by atoms with van der Waals surface area (Å²) in [6, 6.07) is 14.8. The van der Waals surface area contributed by atoms with Crippen LogP contribution in [0.25, 0.3) is 11.0 Å². The molecule has 2 fully saturated rings. The summed E-state index contributed by atoms with van der Waals surface area (Å²) in [5, 5.41) is 1.13. The minimum absolute atomic E-state index is 0.223. The van der Waals surface area contributed by atoms with E-state index >= 15 is 0 Å². The number of fused-ring (bicyclic) bond motifs is 1. The van der Waals surface area contributed by atoms with Crippen LogP contribution in [0.2, 0.25) is 0 Å². The molecule has 2 aliphatic heterocycles. The lowest BCUT2D eigenvalue weighted by Gasteiger charge is -2.42. The van der Waals surface area contributed by atoms with Gasteiger partial charge in [0.15, 0.2) is 0 Å². The van der Waals surface area contributed by atoms with Crippen molar-refractivity contribution in [2.45, 2.75) is 25.7 Å². The normalized spacial score (nSPS) is 21.5. The summed E-state index contributed by atoms with van der Waals surface area (Å²) in [6.45, 7) is 4.29. The number of rotatable bonds is 5. The quantitative estimate of drug-likeness (QED) is 0.556. The molecule has 0 saturated carbocycles. The Kier molecular flexibility index (Phi) is 6.70. The zero-order chi connectivity index (χ0) is 23.5. The van der Waals surface area contributed by atoms with Crippen molar-refractivity contribution in [3.05, 3.63) is 71.7 Å². The van der Waals surface area contributed by atoms with Gasteiger partial charge in [0.25, 0.3) is 0 Å². The first-order valence-electron chi connectivity index (χ1n) is 12.3. The molecule has 2 aliphatic rings. The van der Waals surface area contributed by atoms with Crippen molar-refractivity contribution in [3.63, 3.8) is 0 Å². The van der Waals surface area contributed by atoms with Crippen LogP contribution < -0.4 is 0 Å². The molecule has 0 radical (unpaired) electrons. The SMILES string of the molecule is CN1CCC(Cc2ccc(F)cc2)(C(=O)N2CCOCC(Cc3cccc4occc34)C2)CC1. The largest absolute Gasteiger partial charge is 0.464 e. The number of hydrogen-bond donors (Lipinski definition) is 0. The van der Waals surface area contributed by atoms with Gasteiger partial charge in [-0.1, -0.05) is 24.3 Å². The zero-order valence-corrected chi connectivity index (χ0v) is 19.8. The van der Waals surface area contributed by atoms with Gasteiger partial charge in [-0.3, -0.25) is 4.79 Å². The first kappa shape index (κ1) is 23.1. The lowest BCUT2D eigenvalue weighted by molar-refractivity contribution is -0.145. The molecule has 3 aromatic rings. The molecule has 6 heteroatoms. The van der Waals surface area contributed by atoms with E-state index in [0.29, 0.717) is 32.7 Å². The predicted octanol–water partition coefficient (Wildman–Crippen LogP) is 4.54. The third-order valence-electron chi connectivity index (χ3n) is 7.57. The second-order valence-electron chi connectivity index (χ2n) is 10.0. The summed E-state index contributed by atoms with van der Waals surface area (Å²) >= 11 is 0. The molecule has 0 spiro atoms. The number of furan rings is 1. The van der Waals surface area contributed by atoms with Crippen molar-refractivity contribution in [1.29, 1.82) is 0 Å². The fraction of sp³-hybridized carbons (Fsp3) is 0.464. The topological polar surface area (TPSA) is 45.9 Å². The van der Waals surface area contributed by atoms with Gasteiger partial charge in [-0.2, -0.15) is 0 Å². The van der Waals surface area contributed by atoms with E-state index in [1.54, 1.807) is 6.26 Å².